The minimum absolute atomic E-state index is 0.571. The van der Waals surface area contributed by atoms with Gasteiger partial charge in [0.2, 0.25) is 0 Å². The van der Waals surface area contributed by atoms with Gasteiger partial charge in [-0.05, 0) is 36.6 Å². The molecule has 0 aliphatic rings. The Kier molecular flexibility index (Phi) is 2.19. The van der Waals surface area contributed by atoms with Gasteiger partial charge in [0.05, 0.1) is 11.9 Å². The average Bonchev–Trinajstić information content (AvgIpc) is 2.81. The summed E-state index contributed by atoms with van der Waals surface area (Å²) in [7, 11) is 0. The summed E-state index contributed by atoms with van der Waals surface area (Å²) < 4.78 is 2.05. The number of nitrogen functional groups attached to an aromatic ring is 1. The summed E-state index contributed by atoms with van der Waals surface area (Å²) in [6.45, 7) is 4.25. The molecule has 0 unspecified atom stereocenters. The lowest BCUT2D eigenvalue weighted by Crippen LogP contribution is -1.87. The van der Waals surface area contributed by atoms with Crippen molar-refractivity contribution in [1.82, 2.24) is 9.38 Å². The Hall–Kier alpha value is -1.81. The number of hydrogen-bond acceptors (Lipinski definition) is 3. The molecule has 0 spiro atoms. The predicted octanol–water partition coefficient (Wildman–Crippen LogP) is 3.26. The first kappa shape index (κ1) is 10.4. The third-order valence-corrected chi connectivity index (χ3v) is 3.87. The van der Waals surface area contributed by atoms with E-state index in [-0.39, 0.29) is 0 Å². The molecule has 0 fully saturated rings. The normalized spacial score (nSPS) is 11.2. The van der Waals surface area contributed by atoms with Crippen molar-refractivity contribution in [1.29, 1.82) is 0 Å². The topological polar surface area (TPSA) is 43.3 Å². The second-order valence-corrected chi connectivity index (χ2v) is 5.07. The molecule has 0 bridgehead atoms. The van der Waals surface area contributed by atoms with Crippen molar-refractivity contribution in [2.45, 2.75) is 13.8 Å². The van der Waals surface area contributed by atoms with Crippen LogP contribution < -0.4 is 5.73 Å². The number of anilines is 1. The molecule has 0 amide bonds. The van der Waals surface area contributed by atoms with Gasteiger partial charge in [0.15, 0.2) is 4.96 Å². The molecule has 4 heteroatoms. The molecule has 3 nitrogen and oxygen atoms in total. The molecule has 3 aromatic rings. The van der Waals surface area contributed by atoms with Gasteiger partial charge in [-0.25, -0.2) is 4.98 Å². The standard InChI is InChI=1S/C13H13N3S/c1-8-3-4-10(5-9(8)2)11-7-17-13-15-12(14)6-16(11)13/h3-7H,14H2,1-2H3. The van der Waals surface area contributed by atoms with Gasteiger partial charge in [0.1, 0.15) is 5.82 Å². The number of imidazole rings is 1. The summed E-state index contributed by atoms with van der Waals surface area (Å²) in [6, 6.07) is 6.49. The number of aryl methyl sites for hydroxylation is 2. The van der Waals surface area contributed by atoms with Crippen LogP contribution in [0.2, 0.25) is 0 Å². The summed E-state index contributed by atoms with van der Waals surface area (Å²) in [6.07, 6.45) is 1.87. The predicted molar refractivity (Wildman–Crippen MR) is 72.4 cm³/mol. The molecule has 0 radical (unpaired) electrons. The van der Waals surface area contributed by atoms with Crippen molar-refractivity contribution >= 4 is 22.1 Å². The fourth-order valence-corrected chi connectivity index (χ4v) is 2.80. The first-order chi connectivity index (χ1) is 8.15. The maximum absolute atomic E-state index is 5.71. The van der Waals surface area contributed by atoms with E-state index in [0.717, 1.165) is 10.7 Å². The molecule has 3 rings (SSSR count). The van der Waals surface area contributed by atoms with Crippen LogP contribution in [0.15, 0.2) is 29.8 Å². The van der Waals surface area contributed by atoms with E-state index in [2.05, 4.69) is 42.4 Å². The molecule has 2 aromatic heterocycles. The van der Waals surface area contributed by atoms with Gasteiger partial charge in [0, 0.05) is 5.38 Å². The van der Waals surface area contributed by atoms with E-state index >= 15 is 0 Å². The quantitative estimate of drug-likeness (QED) is 0.713. The SMILES string of the molecule is Cc1ccc(-c2csc3nc(N)cn23)cc1C. The molecule has 86 valence electrons. The third-order valence-electron chi connectivity index (χ3n) is 3.03. The Morgan fingerprint density at radius 2 is 2.06 bits per heavy atom. The number of nitrogens with zero attached hydrogens (tertiary/aromatic N) is 2. The summed E-state index contributed by atoms with van der Waals surface area (Å²) in [5.74, 6) is 0.571. The Bertz CT molecular complexity index is 694. The Morgan fingerprint density at radius 3 is 2.82 bits per heavy atom. The summed E-state index contributed by atoms with van der Waals surface area (Å²) in [5.41, 5.74) is 10.7. The smallest absolute Gasteiger partial charge is 0.196 e. The van der Waals surface area contributed by atoms with E-state index in [1.54, 1.807) is 11.3 Å². The van der Waals surface area contributed by atoms with Crippen LogP contribution in [-0.4, -0.2) is 9.38 Å². The highest BCUT2D eigenvalue weighted by atomic mass is 32.1. The highest BCUT2D eigenvalue weighted by molar-refractivity contribution is 7.15. The maximum atomic E-state index is 5.71. The molecule has 0 saturated carbocycles. The van der Waals surface area contributed by atoms with Crippen LogP contribution in [0, 0.1) is 13.8 Å². The largest absolute Gasteiger partial charge is 0.382 e. The molecule has 17 heavy (non-hydrogen) atoms. The van der Waals surface area contributed by atoms with Gasteiger partial charge in [-0.15, -0.1) is 11.3 Å². The lowest BCUT2D eigenvalue weighted by atomic mass is 10.1. The molecular formula is C13H13N3S. The van der Waals surface area contributed by atoms with E-state index in [1.807, 2.05) is 10.6 Å². The number of nitrogens with two attached hydrogens (primary N) is 1. The van der Waals surface area contributed by atoms with Gasteiger partial charge >= 0.3 is 0 Å². The summed E-state index contributed by atoms with van der Waals surface area (Å²) in [4.78, 5) is 5.20. The number of hydrogen-bond donors (Lipinski definition) is 1. The van der Waals surface area contributed by atoms with Gasteiger partial charge in [-0.2, -0.15) is 0 Å². The average molecular weight is 243 g/mol. The highest BCUT2D eigenvalue weighted by Crippen LogP contribution is 2.28. The first-order valence-electron chi connectivity index (χ1n) is 5.45. The Balaban J connectivity index is 2.22. The maximum Gasteiger partial charge on any atom is 0.196 e. The molecule has 2 N–H and O–H groups in total. The monoisotopic (exact) mass is 243 g/mol. The fraction of sp³-hybridized carbons (Fsp3) is 0.154. The van der Waals surface area contributed by atoms with Gasteiger partial charge < -0.3 is 5.73 Å². The van der Waals surface area contributed by atoms with Crippen molar-refractivity contribution in [3.63, 3.8) is 0 Å². The Morgan fingerprint density at radius 1 is 1.24 bits per heavy atom. The molecule has 0 aliphatic heterocycles. The second kappa shape index (κ2) is 3.60. The van der Waals surface area contributed by atoms with E-state index in [9.17, 15) is 0 Å². The summed E-state index contributed by atoms with van der Waals surface area (Å²) >= 11 is 1.61. The number of fused-ring (bicyclic) bond motifs is 1. The molecule has 2 heterocycles. The lowest BCUT2D eigenvalue weighted by molar-refractivity contribution is 1.23. The van der Waals surface area contributed by atoms with E-state index in [0.29, 0.717) is 5.82 Å². The van der Waals surface area contributed by atoms with Gasteiger partial charge in [0.25, 0.3) is 0 Å². The van der Waals surface area contributed by atoms with E-state index < -0.39 is 0 Å². The molecule has 0 atom stereocenters. The minimum atomic E-state index is 0.571. The van der Waals surface area contributed by atoms with Gasteiger partial charge in [-0.1, -0.05) is 12.1 Å². The lowest BCUT2D eigenvalue weighted by Gasteiger charge is -2.04. The van der Waals surface area contributed by atoms with Crippen LogP contribution in [-0.2, 0) is 0 Å². The van der Waals surface area contributed by atoms with Crippen LogP contribution in [0.1, 0.15) is 11.1 Å². The zero-order valence-electron chi connectivity index (χ0n) is 9.77. The molecule has 0 aliphatic carbocycles. The number of aromatic nitrogens is 2. The first-order valence-corrected chi connectivity index (χ1v) is 6.33. The van der Waals surface area contributed by atoms with Crippen LogP contribution in [0.3, 0.4) is 0 Å². The summed E-state index contributed by atoms with van der Waals surface area (Å²) in [5, 5.41) is 2.12. The molecule has 0 saturated heterocycles. The number of benzene rings is 1. The zero-order valence-corrected chi connectivity index (χ0v) is 10.6. The van der Waals surface area contributed by atoms with Crippen molar-refractivity contribution in [2.24, 2.45) is 0 Å². The molecular weight excluding hydrogens is 230 g/mol. The van der Waals surface area contributed by atoms with Crippen LogP contribution in [0.4, 0.5) is 5.82 Å². The fourth-order valence-electron chi connectivity index (χ4n) is 1.91. The third kappa shape index (κ3) is 1.61. The Labute approximate surface area is 104 Å². The highest BCUT2D eigenvalue weighted by Gasteiger charge is 2.08. The van der Waals surface area contributed by atoms with Crippen LogP contribution in [0.25, 0.3) is 16.2 Å². The van der Waals surface area contributed by atoms with Crippen LogP contribution in [0.5, 0.6) is 0 Å². The van der Waals surface area contributed by atoms with Gasteiger partial charge in [-0.3, -0.25) is 4.40 Å². The number of thiazole rings is 1. The molecule has 1 aromatic carbocycles. The second-order valence-electron chi connectivity index (χ2n) is 4.24. The van der Waals surface area contributed by atoms with Crippen molar-refractivity contribution in [3.8, 4) is 11.3 Å². The van der Waals surface area contributed by atoms with Crippen molar-refractivity contribution in [3.05, 3.63) is 40.9 Å². The number of rotatable bonds is 1. The minimum Gasteiger partial charge on any atom is -0.382 e. The van der Waals surface area contributed by atoms with E-state index in [4.69, 9.17) is 5.73 Å². The van der Waals surface area contributed by atoms with Crippen molar-refractivity contribution < 1.29 is 0 Å². The van der Waals surface area contributed by atoms with E-state index in [1.165, 1.54) is 16.7 Å². The van der Waals surface area contributed by atoms with Crippen molar-refractivity contribution in [2.75, 3.05) is 5.73 Å². The zero-order chi connectivity index (χ0) is 12.0. The van der Waals surface area contributed by atoms with Crippen LogP contribution >= 0.6 is 11.3 Å².